The highest BCUT2D eigenvalue weighted by molar-refractivity contribution is 5.97. The van der Waals surface area contributed by atoms with E-state index in [1.54, 1.807) is 12.4 Å². The fourth-order valence-electron chi connectivity index (χ4n) is 3.49. The third-order valence-electron chi connectivity index (χ3n) is 4.96. The molecule has 0 radical (unpaired) electrons. The van der Waals surface area contributed by atoms with Gasteiger partial charge in [-0.05, 0) is 55.5 Å². The van der Waals surface area contributed by atoms with E-state index in [-0.39, 0.29) is 5.91 Å². The summed E-state index contributed by atoms with van der Waals surface area (Å²) >= 11 is 0. The normalized spacial score (nSPS) is 16.9. The van der Waals surface area contributed by atoms with E-state index < -0.39 is 5.60 Å². The van der Waals surface area contributed by atoms with Gasteiger partial charge >= 0.3 is 0 Å². The number of piperidine rings is 1. The number of pyridine rings is 1. The van der Waals surface area contributed by atoms with Crippen molar-refractivity contribution in [2.45, 2.75) is 38.7 Å². The molecule has 0 saturated carbocycles. The molecule has 126 valence electrons. The lowest BCUT2D eigenvalue weighted by molar-refractivity contribution is -0.0162. The molecule has 0 aliphatic carbocycles. The van der Waals surface area contributed by atoms with Crippen molar-refractivity contribution >= 4 is 5.91 Å². The Morgan fingerprint density at radius 1 is 1.12 bits per heavy atom. The van der Waals surface area contributed by atoms with Crippen LogP contribution in [0.4, 0.5) is 0 Å². The minimum Gasteiger partial charge on any atom is -0.389 e. The minimum atomic E-state index is -0.737. The van der Waals surface area contributed by atoms with Gasteiger partial charge in [-0.2, -0.15) is 0 Å². The first-order valence-corrected chi connectivity index (χ1v) is 8.45. The Balaban J connectivity index is 1.67. The van der Waals surface area contributed by atoms with Gasteiger partial charge in [0.1, 0.15) is 0 Å². The standard InChI is InChI=1S/C20H24N2O2/c1-15-4-3-5-16(2)18(15)19(23)22-12-8-20(24,9-13-22)14-17-6-10-21-11-7-17/h3-7,10-11,24H,8-9,12-14H2,1-2H3. The van der Waals surface area contributed by atoms with E-state index in [9.17, 15) is 9.90 Å². The third-order valence-corrected chi connectivity index (χ3v) is 4.96. The lowest BCUT2D eigenvalue weighted by Gasteiger charge is -2.38. The number of likely N-dealkylation sites (tertiary alicyclic amines) is 1. The fourth-order valence-corrected chi connectivity index (χ4v) is 3.49. The molecule has 3 rings (SSSR count). The SMILES string of the molecule is Cc1cccc(C)c1C(=O)N1CCC(O)(Cc2ccncc2)CC1. The summed E-state index contributed by atoms with van der Waals surface area (Å²) in [4.78, 5) is 18.7. The van der Waals surface area contributed by atoms with Crippen LogP contribution < -0.4 is 0 Å². The van der Waals surface area contributed by atoms with Crippen molar-refractivity contribution in [3.63, 3.8) is 0 Å². The van der Waals surface area contributed by atoms with Crippen LogP contribution in [0.25, 0.3) is 0 Å². The minimum absolute atomic E-state index is 0.0801. The number of benzene rings is 1. The Hall–Kier alpha value is -2.20. The third kappa shape index (κ3) is 3.49. The Bertz CT molecular complexity index is 699. The number of carbonyl (C=O) groups excluding carboxylic acids is 1. The maximum atomic E-state index is 12.8. The highest BCUT2D eigenvalue weighted by atomic mass is 16.3. The molecule has 1 N–H and O–H groups in total. The van der Waals surface area contributed by atoms with Crippen LogP contribution in [0.15, 0.2) is 42.7 Å². The van der Waals surface area contributed by atoms with Gasteiger partial charge < -0.3 is 10.0 Å². The molecule has 24 heavy (non-hydrogen) atoms. The van der Waals surface area contributed by atoms with Crippen LogP contribution in [0.5, 0.6) is 0 Å². The number of carbonyl (C=O) groups is 1. The molecule has 1 saturated heterocycles. The van der Waals surface area contributed by atoms with E-state index >= 15 is 0 Å². The highest BCUT2D eigenvalue weighted by Gasteiger charge is 2.34. The fraction of sp³-hybridized carbons (Fsp3) is 0.400. The molecule has 1 aliphatic heterocycles. The molecular weight excluding hydrogens is 300 g/mol. The zero-order valence-electron chi connectivity index (χ0n) is 14.3. The lowest BCUT2D eigenvalue weighted by Crippen LogP contribution is -2.48. The average molecular weight is 324 g/mol. The number of nitrogens with zero attached hydrogens (tertiary/aromatic N) is 2. The first kappa shape index (κ1) is 16.7. The van der Waals surface area contributed by atoms with Gasteiger partial charge in [-0.15, -0.1) is 0 Å². The summed E-state index contributed by atoms with van der Waals surface area (Å²) in [6.45, 7) is 5.14. The summed E-state index contributed by atoms with van der Waals surface area (Å²) in [5.74, 6) is 0.0801. The molecule has 0 bridgehead atoms. The van der Waals surface area contributed by atoms with Gasteiger partial charge in [0.2, 0.25) is 0 Å². The van der Waals surface area contributed by atoms with E-state index in [0.29, 0.717) is 32.4 Å². The van der Waals surface area contributed by atoms with Crippen LogP contribution in [0.1, 0.15) is 39.9 Å². The van der Waals surface area contributed by atoms with Gasteiger partial charge in [0.25, 0.3) is 5.91 Å². The Labute approximate surface area is 143 Å². The second-order valence-corrected chi connectivity index (χ2v) is 6.82. The van der Waals surface area contributed by atoms with Crippen molar-refractivity contribution in [2.24, 2.45) is 0 Å². The number of hydrogen-bond acceptors (Lipinski definition) is 3. The van der Waals surface area contributed by atoms with Crippen LogP contribution in [-0.4, -0.2) is 39.6 Å². The van der Waals surface area contributed by atoms with Gasteiger partial charge in [-0.25, -0.2) is 0 Å². The highest BCUT2D eigenvalue weighted by Crippen LogP contribution is 2.28. The number of aromatic nitrogens is 1. The van der Waals surface area contributed by atoms with Crippen molar-refractivity contribution in [3.8, 4) is 0 Å². The molecular formula is C20H24N2O2. The smallest absolute Gasteiger partial charge is 0.254 e. The molecule has 1 aliphatic rings. The number of rotatable bonds is 3. The van der Waals surface area contributed by atoms with Crippen LogP contribution >= 0.6 is 0 Å². The Morgan fingerprint density at radius 3 is 2.29 bits per heavy atom. The molecule has 0 spiro atoms. The first-order chi connectivity index (χ1) is 11.5. The summed E-state index contributed by atoms with van der Waals surface area (Å²) in [6, 6.07) is 9.80. The summed E-state index contributed by atoms with van der Waals surface area (Å²) in [5.41, 5.74) is 3.17. The summed E-state index contributed by atoms with van der Waals surface area (Å²) < 4.78 is 0. The number of hydrogen-bond donors (Lipinski definition) is 1. The van der Waals surface area contributed by atoms with Crippen molar-refractivity contribution < 1.29 is 9.90 Å². The van der Waals surface area contributed by atoms with Gasteiger partial charge in [0, 0.05) is 37.5 Å². The van der Waals surface area contributed by atoms with Crippen LogP contribution in [0, 0.1) is 13.8 Å². The van der Waals surface area contributed by atoms with Gasteiger partial charge in [0.15, 0.2) is 0 Å². The van der Waals surface area contributed by atoms with E-state index in [1.807, 2.05) is 49.1 Å². The molecule has 0 atom stereocenters. The van der Waals surface area contributed by atoms with Crippen molar-refractivity contribution in [1.82, 2.24) is 9.88 Å². The molecule has 4 heteroatoms. The van der Waals surface area contributed by atoms with E-state index in [1.165, 1.54) is 0 Å². The summed E-state index contributed by atoms with van der Waals surface area (Å²) in [7, 11) is 0. The molecule has 1 aromatic heterocycles. The Morgan fingerprint density at radius 2 is 1.71 bits per heavy atom. The van der Waals surface area contributed by atoms with E-state index in [4.69, 9.17) is 0 Å². The van der Waals surface area contributed by atoms with Gasteiger partial charge in [0.05, 0.1) is 5.60 Å². The zero-order valence-corrected chi connectivity index (χ0v) is 14.3. The average Bonchev–Trinajstić information content (AvgIpc) is 2.56. The summed E-state index contributed by atoms with van der Waals surface area (Å²) in [6.07, 6.45) is 5.32. The Kier molecular flexibility index (Phi) is 4.67. The predicted octanol–water partition coefficient (Wildman–Crippen LogP) is 2.91. The predicted molar refractivity (Wildman–Crippen MR) is 93.9 cm³/mol. The summed E-state index contributed by atoms with van der Waals surface area (Å²) in [5, 5.41) is 10.8. The topological polar surface area (TPSA) is 53.4 Å². The number of aryl methyl sites for hydroxylation is 2. The monoisotopic (exact) mass is 324 g/mol. The zero-order chi connectivity index (χ0) is 17.2. The maximum absolute atomic E-state index is 12.8. The number of amides is 1. The molecule has 0 unspecified atom stereocenters. The number of aliphatic hydroxyl groups is 1. The second kappa shape index (κ2) is 6.73. The van der Waals surface area contributed by atoms with Crippen molar-refractivity contribution in [2.75, 3.05) is 13.1 Å². The molecule has 2 aromatic rings. The van der Waals surface area contributed by atoms with E-state index in [0.717, 1.165) is 22.3 Å². The molecule has 1 amide bonds. The first-order valence-electron chi connectivity index (χ1n) is 8.45. The van der Waals surface area contributed by atoms with Crippen molar-refractivity contribution in [1.29, 1.82) is 0 Å². The van der Waals surface area contributed by atoms with Gasteiger partial charge in [-0.3, -0.25) is 9.78 Å². The van der Waals surface area contributed by atoms with Crippen molar-refractivity contribution in [3.05, 3.63) is 65.0 Å². The van der Waals surface area contributed by atoms with Crippen LogP contribution in [0.3, 0.4) is 0 Å². The van der Waals surface area contributed by atoms with Crippen LogP contribution in [0.2, 0.25) is 0 Å². The van der Waals surface area contributed by atoms with Gasteiger partial charge in [-0.1, -0.05) is 18.2 Å². The molecule has 2 heterocycles. The largest absolute Gasteiger partial charge is 0.389 e. The maximum Gasteiger partial charge on any atom is 0.254 e. The lowest BCUT2D eigenvalue weighted by atomic mass is 9.85. The molecule has 1 aromatic carbocycles. The second-order valence-electron chi connectivity index (χ2n) is 6.82. The molecule has 1 fully saturated rings. The quantitative estimate of drug-likeness (QED) is 0.944. The van der Waals surface area contributed by atoms with Crippen LogP contribution in [-0.2, 0) is 6.42 Å². The molecule has 4 nitrogen and oxygen atoms in total. The van der Waals surface area contributed by atoms with E-state index in [2.05, 4.69) is 4.98 Å².